The Morgan fingerprint density at radius 3 is 2.73 bits per heavy atom. The third-order valence-corrected chi connectivity index (χ3v) is 9.96. The predicted molar refractivity (Wildman–Crippen MR) is 128 cm³/mol. The molecule has 1 amide bonds. The van der Waals surface area contributed by atoms with Crippen LogP contribution in [0.1, 0.15) is 66.1 Å². The molecule has 3 N–H and O–H groups in total. The van der Waals surface area contributed by atoms with Gasteiger partial charge in [-0.15, -0.1) is 11.3 Å². The smallest absolute Gasteiger partial charge is 0.256 e. The molecule has 2 heterocycles. The molecule has 0 spiro atoms. The summed E-state index contributed by atoms with van der Waals surface area (Å²) in [6.07, 6.45) is 3.66. The van der Waals surface area contributed by atoms with Gasteiger partial charge in [-0.05, 0) is 74.1 Å². The first-order valence-electron chi connectivity index (χ1n) is 10.1. The van der Waals surface area contributed by atoms with Gasteiger partial charge in [-0.2, -0.15) is 0 Å². The first-order chi connectivity index (χ1) is 14.2. The van der Waals surface area contributed by atoms with Gasteiger partial charge in [-0.25, -0.2) is 0 Å². The number of amides is 1. The molecular formula is C22H26Br2N2O3S. The molecule has 162 valence electrons. The first kappa shape index (κ1) is 22.0. The summed E-state index contributed by atoms with van der Waals surface area (Å²) < 4.78 is 6.70. The number of anilines is 1. The van der Waals surface area contributed by atoms with Crippen molar-refractivity contribution in [3.05, 3.63) is 36.6 Å². The van der Waals surface area contributed by atoms with Crippen molar-refractivity contribution >= 4 is 54.1 Å². The number of thiophene rings is 1. The number of methoxy groups -OCH3 is 1. The molecule has 8 heteroatoms. The maximum atomic E-state index is 13.1. The van der Waals surface area contributed by atoms with E-state index >= 15 is 0 Å². The van der Waals surface area contributed by atoms with Crippen molar-refractivity contribution in [3.8, 4) is 11.5 Å². The van der Waals surface area contributed by atoms with E-state index in [-0.39, 0.29) is 11.7 Å². The van der Waals surface area contributed by atoms with E-state index in [1.807, 2.05) is 0 Å². The van der Waals surface area contributed by atoms with E-state index in [1.165, 1.54) is 17.6 Å². The molecule has 2 aliphatic rings. The molecule has 2 aromatic rings. The van der Waals surface area contributed by atoms with Crippen LogP contribution in [-0.2, 0) is 12.8 Å². The van der Waals surface area contributed by atoms with Crippen molar-refractivity contribution in [2.45, 2.75) is 52.6 Å². The molecule has 1 aliphatic carbocycles. The third kappa shape index (κ3) is 3.54. The number of hydrogen-bond donors (Lipinski definition) is 3. The van der Waals surface area contributed by atoms with E-state index in [1.54, 1.807) is 17.4 Å². The van der Waals surface area contributed by atoms with Crippen LogP contribution >= 0.6 is 43.2 Å². The molecule has 0 saturated carbocycles. The van der Waals surface area contributed by atoms with Gasteiger partial charge in [0.05, 0.1) is 18.2 Å². The van der Waals surface area contributed by atoms with Crippen molar-refractivity contribution in [1.29, 1.82) is 0 Å². The number of phenols is 1. The number of phenolic OH excluding ortho intramolecular Hbond substituents is 1. The van der Waals surface area contributed by atoms with Crippen molar-refractivity contribution < 1.29 is 14.6 Å². The largest absolute Gasteiger partial charge is 0.504 e. The Labute approximate surface area is 197 Å². The minimum atomic E-state index is -0.561. The van der Waals surface area contributed by atoms with E-state index < -0.39 is 6.17 Å². The monoisotopic (exact) mass is 556 g/mol. The molecule has 1 aromatic carbocycles. The molecule has 0 unspecified atom stereocenters. The van der Waals surface area contributed by atoms with Gasteiger partial charge in [0, 0.05) is 13.8 Å². The molecule has 2 atom stereocenters. The Hall–Kier alpha value is -1.25. The van der Waals surface area contributed by atoms with E-state index in [9.17, 15) is 9.90 Å². The zero-order valence-corrected chi connectivity index (χ0v) is 21.5. The van der Waals surface area contributed by atoms with Gasteiger partial charge >= 0.3 is 0 Å². The van der Waals surface area contributed by atoms with Crippen LogP contribution in [0.5, 0.6) is 11.5 Å². The van der Waals surface area contributed by atoms with Crippen LogP contribution in [0.2, 0.25) is 0 Å². The van der Waals surface area contributed by atoms with Gasteiger partial charge in [0.15, 0.2) is 11.5 Å². The number of carbonyl (C=O) groups excluding carboxylic acids is 1. The fourth-order valence-corrected chi connectivity index (χ4v) is 6.74. The summed E-state index contributed by atoms with van der Waals surface area (Å²) in [6.45, 7) is 6.95. The van der Waals surface area contributed by atoms with Crippen molar-refractivity contribution in [3.63, 3.8) is 0 Å². The fraction of sp³-hybridized carbons (Fsp3) is 0.500. The third-order valence-electron chi connectivity index (χ3n) is 6.76. The van der Waals surface area contributed by atoms with E-state index in [0.29, 0.717) is 27.1 Å². The molecule has 1 aromatic heterocycles. The number of fused-ring (bicyclic) bond motifs is 3. The van der Waals surface area contributed by atoms with Gasteiger partial charge in [0.1, 0.15) is 11.2 Å². The SMILES string of the molecule is CCC(C)(C)[C@@H]1CCc2c(sc3c2C(=O)N[C@H](c2c(O)c(OC)cc(Br)c2Br)N3)C1. The van der Waals surface area contributed by atoms with Gasteiger partial charge in [-0.3, -0.25) is 4.79 Å². The Bertz CT molecular complexity index is 1020. The molecular weight excluding hydrogens is 532 g/mol. The number of rotatable bonds is 4. The van der Waals surface area contributed by atoms with Gasteiger partial charge in [0.2, 0.25) is 0 Å². The molecule has 0 radical (unpaired) electrons. The van der Waals surface area contributed by atoms with Crippen molar-refractivity contribution in [2.75, 3.05) is 12.4 Å². The Balaban J connectivity index is 1.70. The lowest BCUT2D eigenvalue weighted by molar-refractivity contribution is 0.0934. The molecule has 1 aliphatic heterocycles. The first-order valence-corrected chi connectivity index (χ1v) is 12.5. The van der Waals surface area contributed by atoms with Crippen LogP contribution in [-0.4, -0.2) is 18.1 Å². The minimum absolute atomic E-state index is 0.0000890. The average molecular weight is 558 g/mol. The van der Waals surface area contributed by atoms with Crippen LogP contribution in [0.4, 0.5) is 5.00 Å². The second-order valence-electron chi connectivity index (χ2n) is 8.68. The normalized spacial score (nSPS) is 20.8. The molecule has 0 saturated heterocycles. The highest BCUT2D eigenvalue weighted by Crippen LogP contribution is 2.49. The maximum absolute atomic E-state index is 13.1. The average Bonchev–Trinajstić information content (AvgIpc) is 3.09. The summed E-state index contributed by atoms with van der Waals surface area (Å²) in [5.41, 5.74) is 2.80. The Morgan fingerprint density at radius 1 is 1.33 bits per heavy atom. The summed E-state index contributed by atoms with van der Waals surface area (Å²) in [4.78, 5) is 14.4. The Morgan fingerprint density at radius 2 is 2.07 bits per heavy atom. The molecule has 4 rings (SSSR count). The summed E-state index contributed by atoms with van der Waals surface area (Å²) in [6, 6.07) is 1.69. The lowest BCUT2D eigenvalue weighted by Gasteiger charge is -2.36. The van der Waals surface area contributed by atoms with Crippen molar-refractivity contribution in [2.24, 2.45) is 11.3 Å². The second-order valence-corrected chi connectivity index (χ2v) is 11.4. The topological polar surface area (TPSA) is 70.6 Å². The highest BCUT2D eigenvalue weighted by molar-refractivity contribution is 9.13. The number of aromatic hydroxyl groups is 1. The van der Waals surface area contributed by atoms with E-state index in [0.717, 1.165) is 40.7 Å². The molecule has 0 bridgehead atoms. The number of hydrogen-bond acceptors (Lipinski definition) is 5. The standard InChI is InChI=1S/C22H26Br2N2O3S/c1-5-22(2,3)10-6-7-11-14(8-10)30-21-15(11)20(28)25-19(26-21)16-17(24)12(23)9-13(29-4)18(16)27/h9-10,19,26-27H,5-8H2,1-4H3,(H,25,28)/t10-,19+/m1/s1. The number of benzene rings is 1. The summed E-state index contributed by atoms with van der Waals surface area (Å²) in [7, 11) is 1.51. The lowest BCUT2D eigenvalue weighted by Crippen LogP contribution is -2.38. The zero-order chi connectivity index (χ0) is 21.8. The van der Waals surface area contributed by atoms with Gasteiger partial charge in [-0.1, -0.05) is 27.2 Å². The molecule has 5 nitrogen and oxygen atoms in total. The highest BCUT2D eigenvalue weighted by Gasteiger charge is 2.38. The van der Waals surface area contributed by atoms with Gasteiger partial charge < -0.3 is 20.5 Å². The quantitative estimate of drug-likeness (QED) is 0.408. The summed E-state index contributed by atoms with van der Waals surface area (Å²) in [5.74, 6) is 0.878. The number of halogens is 2. The van der Waals surface area contributed by atoms with Crippen LogP contribution in [0.15, 0.2) is 15.0 Å². The Kier molecular flexibility index (Phi) is 5.87. The van der Waals surface area contributed by atoms with E-state index in [2.05, 4.69) is 63.3 Å². The predicted octanol–water partition coefficient (Wildman–Crippen LogP) is 6.38. The number of ether oxygens (including phenoxy) is 1. The number of nitrogens with one attached hydrogen (secondary N) is 2. The summed E-state index contributed by atoms with van der Waals surface area (Å²) >= 11 is 8.71. The highest BCUT2D eigenvalue weighted by atomic mass is 79.9. The second kappa shape index (κ2) is 8.02. The van der Waals surface area contributed by atoms with Crippen LogP contribution < -0.4 is 15.4 Å². The van der Waals surface area contributed by atoms with Gasteiger partial charge in [0.25, 0.3) is 5.91 Å². The minimum Gasteiger partial charge on any atom is -0.504 e. The summed E-state index contributed by atoms with van der Waals surface area (Å²) in [5, 5.41) is 18.1. The number of carbonyl (C=O) groups is 1. The fourth-order valence-electron chi connectivity index (χ4n) is 4.43. The maximum Gasteiger partial charge on any atom is 0.256 e. The van der Waals surface area contributed by atoms with Crippen LogP contribution in [0.3, 0.4) is 0 Å². The zero-order valence-electron chi connectivity index (χ0n) is 17.5. The van der Waals surface area contributed by atoms with Crippen LogP contribution in [0, 0.1) is 11.3 Å². The molecule has 0 fully saturated rings. The van der Waals surface area contributed by atoms with Crippen molar-refractivity contribution in [1.82, 2.24) is 5.32 Å². The van der Waals surface area contributed by atoms with Crippen LogP contribution in [0.25, 0.3) is 0 Å². The lowest BCUT2D eigenvalue weighted by atomic mass is 9.69. The van der Waals surface area contributed by atoms with E-state index in [4.69, 9.17) is 4.74 Å². The molecule has 30 heavy (non-hydrogen) atoms.